The highest BCUT2D eigenvalue weighted by atomic mass is 35.5. The summed E-state index contributed by atoms with van der Waals surface area (Å²) in [6.45, 7) is 5.74. The molecule has 0 bridgehead atoms. The molecule has 1 rings (SSSR count). The Balaban J connectivity index is 2.78. The molecule has 0 aliphatic rings. The second kappa shape index (κ2) is 6.40. The third kappa shape index (κ3) is 3.13. The first-order valence-corrected chi connectivity index (χ1v) is 6.79. The molecule has 3 nitrogen and oxygen atoms in total. The van der Waals surface area contributed by atoms with E-state index in [-0.39, 0.29) is 0 Å². The molecular weight excluding hydrogens is 230 g/mol. The average Bonchev–Trinajstić information content (AvgIpc) is 2.56. The van der Waals surface area contributed by atoms with E-state index in [2.05, 4.69) is 18.9 Å². The minimum atomic E-state index is 0.711. The summed E-state index contributed by atoms with van der Waals surface area (Å²) in [5.74, 6) is 1.86. The Morgan fingerprint density at radius 2 is 2.20 bits per heavy atom. The molecule has 2 N–H and O–H groups in total. The van der Waals surface area contributed by atoms with Gasteiger partial charge in [-0.2, -0.15) is 16.9 Å². The Morgan fingerprint density at radius 1 is 1.47 bits per heavy atom. The number of nitrogens with zero attached hydrogens (tertiary/aromatic N) is 2. The van der Waals surface area contributed by atoms with E-state index in [4.69, 9.17) is 17.3 Å². The standard InChI is InChI=1S/C10H18ClN3S/c1-3-8-10(11)9(7-15-6-5-12)14(4-2)13-8/h3-7,12H2,1-2H3. The lowest BCUT2D eigenvalue weighted by Crippen LogP contribution is -2.04. The number of thioether (sulfide) groups is 1. The van der Waals surface area contributed by atoms with Crippen LogP contribution in [0.1, 0.15) is 25.2 Å². The second-order valence-corrected chi connectivity index (χ2v) is 4.70. The van der Waals surface area contributed by atoms with Gasteiger partial charge in [0.05, 0.1) is 16.4 Å². The van der Waals surface area contributed by atoms with Crippen LogP contribution in [0.5, 0.6) is 0 Å². The van der Waals surface area contributed by atoms with Crippen molar-refractivity contribution in [2.24, 2.45) is 5.73 Å². The lowest BCUT2D eigenvalue weighted by Gasteiger charge is -2.04. The number of aromatic nitrogens is 2. The van der Waals surface area contributed by atoms with Crippen LogP contribution in [0.25, 0.3) is 0 Å². The molecule has 0 atom stereocenters. The molecule has 0 aliphatic carbocycles. The fraction of sp³-hybridized carbons (Fsp3) is 0.700. The van der Waals surface area contributed by atoms with E-state index in [1.54, 1.807) is 11.8 Å². The van der Waals surface area contributed by atoms with Gasteiger partial charge in [0.15, 0.2) is 0 Å². The Bertz CT molecular complexity index is 312. The Morgan fingerprint density at radius 3 is 2.73 bits per heavy atom. The van der Waals surface area contributed by atoms with Crippen molar-refractivity contribution < 1.29 is 0 Å². The maximum atomic E-state index is 6.26. The molecule has 5 heteroatoms. The molecule has 0 unspecified atom stereocenters. The van der Waals surface area contributed by atoms with E-state index >= 15 is 0 Å². The smallest absolute Gasteiger partial charge is 0.0858 e. The summed E-state index contributed by atoms with van der Waals surface area (Å²) in [6.07, 6.45) is 0.889. The summed E-state index contributed by atoms with van der Waals surface area (Å²) in [7, 11) is 0. The molecule has 1 aromatic heterocycles. The van der Waals surface area contributed by atoms with Crippen molar-refractivity contribution in [1.82, 2.24) is 9.78 Å². The molecule has 15 heavy (non-hydrogen) atoms. The van der Waals surface area contributed by atoms with Gasteiger partial charge in [0, 0.05) is 24.6 Å². The van der Waals surface area contributed by atoms with Gasteiger partial charge in [-0.25, -0.2) is 0 Å². The summed E-state index contributed by atoms with van der Waals surface area (Å²) in [5, 5.41) is 5.30. The van der Waals surface area contributed by atoms with Crippen molar-refractivity contribution in [3.63, 3.8) is 0 Å². The minimum absolute atomic E-state index is 0.711. The summed E-state index contributed by atoms with van der Waals surface area (Å²) in [5.41, 5.74) is 7.59. The van der Waals surface area contributed by atoms with Gasteiger partial charge in [-0.05, 0) is 13.3 Å². The topological polar surface area (TPSA) is 43.8 Å². The molecule has 1 heterocycles. The fourth-order valence-electron chi connectivity index (χ4n) is 1.41. The number of halogens is 1. The van der Waals surface area contributed by atoms with Gasteiger partial charge in [-0.1, -0.05) is 18.5 Å². The number of rotatable bonds is 6. The zero-order chi connectivity index (χ0) is 11.3. The van der Waals surface area contributed by atoms with Crippen LogP contribution in [-0.2, 0) is 18.7 Å². The Hall–Kier alpha value is -0.190. The van der Waals surface area contributed by atoms with Gasteiger partial charge >= 0.3 is 0 Å². The van der Waals surface area contributed by atoms with Gasteiger partial charge in [-0.3, -0.25) is 4.68 Å². The molecule has 0 fully saturated rings. The third-order valence-electron chi connectivity index (χ3n) is 2.20. The van der Waals surface area contributed by atoms with Gasteiger partial charge in [0.2, 0.25) is 0 Å². The van der Waals surface area contributed by atoms with Gasteiger partial charge in [0.1, 0.15) is 0 Å². The number of aryl methyl sites for hydroxylation is 2. The normalized spacial score (nSPS) is 10.9. The molecule has 86 valence electrons. The van der Waals surface area contributed by atoms with Crippen molar-refractivity contribution >= 4 is 23.4 Å². The van der Waals surface area contributed by atoms with E-state index in [1.165, 1.54) is 0 Å². The van der Waals surface area contributed by atoms with E-state index in [9.17, 15) is 0 Å². The monoisotopic (exact) mass is 247 g/mol. The lowest BCUT2D eigenvalue weighted by atomic mass is 10.3. The quantitative estimate of drug-likeness (QED) is 0.785. The predicted octanol–water partition coefficient (Wildman–Crippen LogP) is 2.31. The first-order chi connectivity index (χ1) is 7.24. The highest BCUT2D eigenvalue weighted by molar-refractivity contribution is 7.98. The van der Waals surface area contributed by atoms with Crippen LogP contribution in [-0.4, -0.2) is 22.1 Å². The zero-order valence-corrected chi connectivity index (χ0v) is 10.9. The average molecular weight is 248 g/mol. The maximum absolute atomic E-state index is 6.26. The molecule has 0 saturated carbocycles. The predicted molar refractivity (Wildman–Crippen MR) is 67.5 cm³/mol. The fourth-order valence-corrected chi connectivity index (χ4v) is 2.62. The van der Waals surface area contributed by atoms with Gasteiger partial charge < -0.3 is 5.73 Å². The van der Waals surface area contributed by atoms with Crippen molar-refractivity contribution in [1.29, 1.82) is 0 Å². The summed E-state index contributed by atoms with van der Waals surface area (Å²) in [4.78, 5) is 0. The van der Waals surface area contributed by atoms with E-state index < -0.39 is 0 Å². The summed E-state index contributed by atoms with van der Waals surface area (Å²) < 4.78 is 1.99. The largest absolute Gasteiger partial charge is 0.330 e. The van der Waals surface area contributed by atoms with Crippen LogP contribution < -0.4 is 5.73 Å². The SMILES string of the molecule is CCc1nn(CC)c(CSCCN)c1Cl. The molecule has 0 saturated heterocycles. The maximum Gasteiger partial charge on any atom is 0.0858 e. The highest BCUT2D eigenvalue weighted by Crippen LogP contribution is 2.25. The zero-order valence-electron chi connectivity index (χ0n) is 9.29. The molecule has 0 spiro atoms. The van der Waals surface area contributed by atoms with Crippen LogP contribution >= 0.6 is 23.4 Å². The molecule has 0 aromatic carbocycles. The highest BCUT2D eigenvalue weighted by Gasteiger charge is 2.13. The van der Waals surface area contributed by atoms with Crippen LogP contribution in [0.3, 0.4) is 0 Å². The summed E-state index contributed by atoms with van der Waals surface area (Å²) in [6, 6.07) is 0. The third-order valence-corrected chi connectivity index (χ3v) is 3.63. The molecule has 0 amide bonds. The van der Waals surface area contributed by atoms with Crippen molar-refractivity contribution in [3.8, 4) is 0 Å². The van der Waals surface area contributed by atoms with Crippen LogP contribution in [0, 0.1) is 0 Å². The molecular formula is C10H18ClN3S. The lowest BCUT2D eigenvalue weighted by molar-refractivity contribution is 0.628. The molecule has 1 aromatic rings. The van der Waals surface area contributed by atoms with Gasteiger partial charge in [-0.15, -0.1) is 0 Å². The van der Waals surface area contributed by atoms with Crippen molar-refractivity contribution in [2.45, 2.75) is 32.6 Å². The Kier molecular flexibility index (Phi) is 5.50. The van der Waals surface area contributed by atoms with E-state index in [0.717, 1.165) is 40.9 Å². The molecule has 0 aliphatic heterocycles. The number of hydrogen-bond donors (Lipinski definition) is 1. The minimum Gasteiger partial charge on any atom is -0.330 e. The van der Waals surface area contributed by atoms with E-state index in [0.29, 0.717) is 6.54 Å². The number of hydrogen-bond acceptors (Lipinski definition) is 3. The second-order valence-electron chi connectivity index (χ2n) is 3.22. The Labute approximate surface area is 100 Å². The van der Waals surface area contributed by atoms with Crippen LogP contribution in [0.2, 0.25) is 5.02 Å². The first kappa shape index (κ1) is 12.9. The van der Waals surface area contributed by atoms with Crippen molar-refractivity contribution in [3.05, 3.63) is 16.4 Å². The van der Waals surface area contributed by atoms with Gasteiger partial charge in [0.25, 0.3) is 0 Å². The number of nitrogens with two attached hydrogens (primary N) is 1. The van der Waals surface area contributed by atoms with E-state index in [1.807, 2.05) is 4.68 Å². The molecule has 0 radical (unpaired) electrons. The van der Waals surface area contributed by atoms with Crippen molar-refractivity contribution in [2.75, 3.05) is 12.3 Å². The van der Waals surface area contributed by atoms with Crippen LogP contribution in [0.15, 0.2) is 0 Å². The summed E-state index contributed by atoms with van der Waals surface area (Å²) >= 11 is 8.06. The first-order valence-electron chi connectivity index (χ1n) is 5.26. The van der Waals surface area contributed by atoms with Crippen LogP contribution in [0.4, 0.5) is 0 Å².